The number of carbonyl (C=O) groups excluding carboxylic acids is 1. The number of amides is 1. The van der Waals surface area contributed by atoms with Gasteiger partial charge >= 0.3 is 6.18 Å². The Morgan fingerprint density at radius 1 is 1.07 bits per heavy atom. The third kappa shape index (κ3) is 6.48. The lowest BCUT2D eigenvalue weighted by Gasteiger charge is -2.12. The zero-order valence-corrected chi connectivity index (χ0v) is 15.3. The highest BCUT2D eigenvalue weighted by Gasteiger charge is 2.30. The molecule has 1 amide bonds. The molecule has 0 unspecified atom stereocenters. The number of anilines is 3. The van der Waals surface area contributed by atoms with Gasteiger partial charge in [0.05, 0.1) is 24.1 Å². The van der Waals surface area contributed by atoms with E-state index >= 15 is 0 Å². The summed E-state index contributed by atoms with van der Waals surface area (Å²) in [6.45, 7) is 1.44. The average molecular weight is 401 g/mol. The minimum atomic E-state index is -4.47. The molecule has 2 rings (SSSR count). The molecule has 2 aromatic carbocycles. The van der Waals surface area contributed by atoms with Gasteiger partial charge in [-0.3, -0.25) is 9.52 Å². The third-order valence-corrected chi connectivity index (χ3v) is 4.05. The molecule has 0 aliphatic heterocycles. The average Bonchev–Trinajstić information content (AvgIpc) is 2.54. The molecule has 0 bridgehead atoms. The van der Waals surface area contributed by atoms with Crippen LogP contribution in [-0.2, 0) is 21.0 Å². The van der Waals surface area contributed by atoms with Crippen LogP contribution >= 0.6 is 0 Å². The Hall–Kier alpha value is -2.75. The Morgan fingerprint density at radius 3 is 2.41 bits per heavy atom. The highest BCUT2D eigenvalue weighted by molar-refractivity contribution is 7.92. The van der Waals surface area contributed by atoms with Crippen LogP contribution in [0.5, 0.6) is 0 Å². The number of halogens is 3. The lowest BCUT2D eigenvalue weighted by atomic mass is 10.2. The smallest absolute Gasteiger partial charge is 0.376 e. The molecule has 0 aliphatic carbocycles. The van der Waals surface area contributed by atoms with E-state index in [2.05, 4.69) is 15.4 Å². The van der Waals surface area contributed by atoms with E-state index in [0.29, 0.717) is 16.9 Å². The highest BCUT2D eigenvalue weighted by atomic mass is 32.2. The number of hydrogen-bond donors (Lipinski definition) is 3. The van der Waals surface area contributed by atoms with Crippen molar-refractivity contribution in [2.75, 3.05) is 28.2 Å². The van der Waals surface area contributed by atoms with Gasteiger partial charge in [0.15, 0.2) is 0 Å². The molecule has 0 saturated carbocycles. The SMILES string of the molecule is Cc1ccc(NC(=O)CNc2cccc(C(F)(F)F)c2)cc1NS(C)(=O)=O. The molecule has 2 aromatic rings. The molecule has 0 aliphatic rings. The molecule has 0 fully saturated rings. The molecular formula is C17H18F3N3O3S. The molecule has 0 aromatic heterocycles. The number of alkyl halides is 3. The second-order valence-electron chi connectivity index (χ2n) is 5.88. The highest BCUT2D eigenvalue weighted by Crippen LogP contribution is 2.30. The fourth-order valence-electron chi connectivity index (χ4n) is 2.20. The van der Waals surface area contributed by atoms with Gasteiger partial charge in [-0.25, -0.2) is 8.42 Å². The number of rotatable bonds is 6. The number of benzene rings is 2. The topological polar surface area (TPSA) is 87.3 Å². The van der Waals surface area contributed by atoms with Crippen LogP contribution in [0.25, 0.3) is 0 Å². The van der Waals surface area contributed by atoms with Gasteiger partial charge in [-0.05, 0) is 42.8 Å². The summed E-state index contributed by atoms with van der Waals surface area (Å²) in [4.78, 5) is 12.0. The summed E-state index contributed by atoms with van der Waals surface area (Å²) >= 11 is 0. The van der Waals surface area contributed by atoms with E-state index in [9.17, 15) is 26.4 Å². The lowest BCUT2D eigenvalue weighted by Crippen LogP contribution is -2.22. The van der Waals surface area contributed by atoms with Gasteiger partial charge in [-0.2, -0.15) is 13.2 Å². The molecule has 3 N–H and O–H groups in total. The molecule has 0 spiro atoms. The van der Waals surface area contributed by atoms with Crippen molar-refractivity contribution in [3.8, 4) is 0 Å². The van der Waals surface area contributed by atoms with Crippen molar-refractivity contribution in [1.29, 1.82) is 0 Å². The molecule has 146 valence electrons. The quantitative estimate of drug-likeness (QED) is 0.692. The van der Waals surface area contributed by atoms with Gasteiger partial charge in [-0.1, -0.05) is 12.1 Å². The first-order chi connectivity index (χ1) is 12.4. The summed E-state index contributed by atoms with van der Waals surface area (Å²) < 4.78 is 63.1. The Balaban J connectivity index is 2.01. The third-order valence-electron chi connectivity index (χ3n) is 3.46. The monoisotopic (exact) mass is 401 g/mol. The number of hydrogen-bond acceptors (Lipinski definition) is 4. The summed E-state index contributed by atoms with van der Waals surface area (Å²) in [6.07, 6.45) is -3.46. The van der Waals surface area contributed by atoms with Crippen LogP contribution < -0.4 is 15.4 Å². The first kappa shape index (κ1) is 20.6. The number of aryl methyl sites for hydroxylation is 1. The van der Waals surface area contributed by atoms with E-state index in [1.165, 1.54) is 18.2 Å². The van der Waals surface area contributed by atoms with Gasteiger partial charge in [0.25, 0.3) is 0 Å². The van der Waals surface area contributed by atoms with Crippen molar-refractivity contribution in [3.63, 3.8) is 0 Å². The molecular weight excluding hydrogens is 383 g/mol. The van der Waals surface area contributed by atoms with E-state index in [1.54, 1.807) is 19.1 Å². The minimum absolute atomic E-state index is 0.156. The Kier molecular flexibility index (Phi) is 5.99. The summed E-state index contributed by atoms with van der Waals surface area (Å²) in [5, 5.41) is 5.17. The van der Waals surface area contributed by atoms with Crippen LogP contribution in [0.15, 0.2) is 42.5 Å². The normalized spacial score (nSPS) is 11.7. The van der Waals surface area contributed by atoms with Gasteiger partial charge in [0.1, 0.15) is 0 Å². The van der Waals surface area contributed by atoms with E-state index in [0.717, 1.165) is 18.4 Å². The van der Waals surface area contributed by atoms with Crippen molar-refractivity contribution in [3.05, 3.63) is 53.6 Å². The Labute approximate surface area is 154 Å². The van der Waals surface area contributed by atoms with Crippen LogP contribution in [0, 0.1) is 6.92 Å². The summed E-state index contributed by atoms with van der Waals surface area (Å²) in [5.74, 6) is -0.499. The van der Waals surface area contributed by atoms with Gasteiger partial charge in [0.2, 0.25) is 15.9 Å². The molecule has 0 saturated heterocycles. The summed E-state index contributed by atoms with van der Waals surface area (Å²) in [6, 6.07) is 9.18. The van der Waals surface area contributed by atoms with Crippen molar-refractivity contribution in [2.24, 2.45) is 0 Å². The lowest BCUT2D eigenvalue weighted by molar-refractivity contribution is -0.137. The van der Waals surface area contributed by atoms with Gasteiger partial charge in [0, 0.05) is 11.4 Å². The zero-order valence-electron chi connectivity index (χ0n) is 14.5. The molecule has 10 heteroatoms. The van der Waals surface area contributed by atoms with Crippen molar-refractivity contribution >= 4 is 33.0 Å². The zero-order chi connectivity index (χ0) is 20.2. The fraction of sp³-hybridized carbons (Fsp3) is 0.235. The fourth-order valence-corrected chi connectivity index (χ4v) is 2.82. The number of carbonyl (C=O) groups is 1. The van der Waals surface area contributed by atoms with Crippen molar-refractivity contribution < 1.29 is 26.4 Å². The van der Waals surface area contributed by atoms with Crippen molar-refractivity contribution in [1.82, 2.24) is 0 Å². The van der Waals surface area contributed by atoms with E-state index in [4.69, 9.17) is 0 Å². The second-order valence-corrected chi connectivity index (χ2v) is 7.63. The predicted molar refractivity (Wildman–Crippen MR) is 98.2 cm³/mol. The first-order valence-electron chi connectivity index (χ1n) is 7.73. The van der Waals surface area contributed by atoms with Crippen LogP contribution in [0.1, 0.15) is 11.1 Å². The maximum Gasteiger partial charge on any atom is 0.416 e. The summed E-state index contributed by atoms with van der Waals surface area (Å²) in [5.41, 5.74) is 0.676. The minimum Gasteiger partial charge on any atom is -0.376 e. The Bertz CT molecular complexity index is 944. The standard InChI is InChI=1S/C17H18F3N3O3S/c1-11-6-7-14(9-15(11)23-27(2,25)26)22-16(24)10-21-13-5-3-4-12(8-13)17(18,19)20/h3-9,21,23H,10H2,1-2H3,(H,22,24). The van der Waals surface area contributed by atoms with Crippen LogP contribution in [0.2, 0.25) is 0 Å². The maximum absolute atomic E-state index is 12.7. The molecule has 0 atom stereocenters. The first-order valence-corrected chi connectivity index (χ1v) is 9.62. The molecule has 27 heavy (non-hydrogen) atoms. The van der Waals surface area contributed by atoms with Crippen LogP contribution in [0.4, 0.5) is 30.2 Å². The molecule has 0 radical (unpaired) electrons. The largest absolute Gasteiger partial charge is 0.416 e. The molecule has 0 heterocycles. The van der Waals surface area contributed by atoms with Gasteiger partial charge < -0.3 is 10.6 Å². The van der Waals surface area contributed by atoms with Gasteiger partial charge in [-0.15, -0.1) is 0 Å². The Morgan fingerprint density at radius 2 is 1.78 bits per heavy atom. The number of nitrogens with one attached hydrogen (secondary N) is 3. The maximum atomic E-state index is 12.7. The number of sulfonamides is 1. The second kappa shape index (κ2) is 7.87. The molecule has 6 nitrogen and oxygen atoms in total. The van der Waals surface area contributed by atoms with E-state index < -0.39 is 27.7 Å². The predicted octanol–water partition coefficient (Wildman–Crippen LogP) is 3.44. The van der Waals surface area contributed by atoms with E-state index in [-0.39, 0.29) is 12.2 Å². The summed E-state index contributed by atoms with van der Waals surface area (Å²) in [7, 11) is -3.47. The van der Waals surface area contributed by atoms with Crippen LogP contribution in [-0.4, -0.2) is 27.1 Å². The van der Waals surface area contributed by atoms with Crippen molar-refractivity contribution in [2.45, 2.75) is 13.1 Å². The van der Waals surface area contributed by atoms with Crippen LogP contribution in [0.3, 0.4) is 0 Å². The van der Waals surface area contributed by atoms with E-state index in [1.807, 2.05) is 0 Å².